The molecule has 18 heavy (non-hydrogen) atoms. The molecule has 0 saturated carbocycles. The van der Waals surface area contributed by atoms with Crippen molar-refractivity contribution >= 4 is 49.0 Å². The Kier molecular flexibility index (Phi) is 5.12. The molecule has 2 nitrogen and oxygen atoms in total. The number of Topliss-reactive ketones (excluding diaryl/α,β-unsaturated/α-hetero) is 1. The molecule has 2 rings (SSSR count). The van der Waals surface area contributed by atoms with Crippen LogP contribution >= 0.6 is 43.2 Å². The van der Waals surface area contributed by atoms with Gasteiger partial charge in [0.2, 0.25) is 0 Å². The first kappa shape index (κ1) is 13.9. The van der Waals surface area contributed by atoms with E-state index in [0.717, 1.165) is 14.5 Å². The van der Waals surface area contributed by atoms with E-state index in [9.17, 15) is 4.79 Å². The molecule has 0 amide bonds. The Labute approximate surface area is 126 Å². The number of carbonyl (C=O) groups excluding carboxylic acids is 1. The fourth-order valence-electron chi connectivity index (χ4n) is 1.45. The van der Waals surface area contributed by atoms with Gasteiger partial charge < -0.3 is 4.74 Å². The molecular formula is C13H10Br2O2S. The second-order valence-electron chi connectivity index (χ2n) is 3.64. The van der Waals surface area contributed by atoms with Crippen LogP contribution in [-0.2, 0) is 11.3 Å². The molecule has 0 unspecified atom stereocenters. The van der Waals surface area contributed by atoms with E-state index < -0.39 is 0 Å². The van der Waals surface area contributed by atoms with Crippen LogP contribution in [0.3, 0.4) is 0 Å². The lowest BCUT2D eigenvalue weighted by Crippen LogP contribution is -2.08. The van der Waals surface area contributed by atoms with E-state index in [1.54, 1.807) is 0 Å². The molecule has 1 heterocycles. The number of ether oxygens (including phenoxy) is 1. The maximum absolute atomic E-state index is 11.8. The van der Waals surface area contributed by atoms with E-state index in [1.807, 2.05) is 35.7 Å². The Morgan fingerprint density at radius 1 is 1.28 bits per heavy atom. The molecule has 0 atom stereocenters. The van der Waals surface area contributed by atoms with Gasteiger partial charge in [-0.05, 0) is 45.1 Å². The zero-order chi connectivity index (χ0) is 13.0. The Morgan fingerprint density at radius 3 is 2.78 bits per heavy atom. The van der Waals surface area contributed by atoms with Crippen molar-refractivity contribution in [3.63, 3.8) is 0 Å². The highest BCUT2D eigenvalue weighted by molar-refractivity contribution is 9.10. The third-order valence-electron chi connectivity index (χ3n) is 2.26. The van der Waals surface area contributed by atoms with Gasteiger partial charge in [0.1, 0.15) is 6.61 Å². The van der Waals surface area contributed by atoms with Crippen molar-refractivity contribution in [2.45, 2.75) is 6.61 Å². The first-order chi connectivity index (χ1) is 8.66. The van der Waals surface area contributed by atoms with E-state index >= 15 is 0 Å². The lowest BCUT2D eigenvalue weighted by molar-refractivity contribution is 0.0730. The van der Waals surface area contributed by atoms with Crippen LogP contribution in [-0.4, -0.2) is 12.4 Å². The summed E-state index contributed by atoms with van der Waals surface area (Å²) in [6.45, 7) is 0.541. The van der Waals surface area contributed by atoms with Gasteiger partial charge in [0.15, 0.2) is 5.78 Å². The molecule has 5 heteroatoms. The van der Waals surface area contributed by atoms with Gasteiger partial charge in [0.05, 0.1) is 11.5 Å². The predicted molar refractivity (Wildman–Crippen MR) is 80.1 cm³/mol. The first-order valence-electron chi connectivity index (χ1n) is 5.25. The molecule has 0 aliphatic rings. The quantitative estimate of drug-likeness (QED) is 0.694. The summed E-state index contributed by atoms with van der Waals surface area (Å²) in [6, 6.07) is 9.71. The van der Waals surface area contributed by atoms with Crippen molar-refractivity contribution < 1.29 is 9.53 Å². The predicted octanol–water partition coefficient (Wildman–Crippen LogP) is 4.67. The summed E-state index contributed by atoms with van der Waals surface area (Å²) >= 11 is 8.16. The number of ketones is 1. The molecule has 0 N–H and O–H groups in total. The van der Waals surface area contributed by atoms with Crippen molar-refractivity contribution in [3.8, 4) is 0 Å². The van der Waals surface area contributed by atoms with E-state index in [4.69, 9.17) is 4.74 Å². The molecule has 0 radical (unpaired) electrons. The van der Waals surface area contributed by atoms with Crippen molar-refractivity contribution in [3.05, 3.63) is 55.1 Å². The summed E-state index contributed by atoms with van der Waals surface area (Å²) in [4.78, 5) is 12.5. The molecule has 1 aromatic heterocycles. The normalized spacial score (nSPS) is 10.6. The molecular weight excluding hydrogens is 380 g/mol. The van der Waals surface area contributed by atoms with Crippen LogP contribution in [0.4, 0.5) is 0 Å². The molecule has 0 fully saturated rings. The van der Waals surface area contributed by atoms with E-state index in [0.29, 0.717) is 11.5 Å². The van der Waals surface area contributed by atoms with Crippen LogP contribution in [0.25, 0.3) is 0 Å². The Bertz CT molecular complexity index is 551. The lowest BCUT2D eigenvalue weighted by Gasteiger charge is -2.04. The van der Waals surface area contributed by atoms with Crippen LogP contribution in [0, 0.1) is 0 Å². The first-order valence-corrected chi connectivity index (χ1v) is 7.72. The molecule has 2 aromatic rings. The highest BCUT2D eigenvalue weighted by Gasteiger charge is 2.11. The minimum Gasteiger partial charge on any atom is -0.369 e. The number of benzene rings is 1. The number of hydrogen-bond acceptors (Lipinski definition) is 3. The second-order valence-corrected chi connectivity index (χ2v) is 6.33. The fourth-order valence-corrected chi connectivity index (χ4v) is 3.41. The summed E-state index contributed by atoms with van der Waals surface area (Å²) in [6.07, 6.45) is 0. The minimum absolute atomic E-state index is 0.00636. The summed E-state index contributed by atoms with van der Waals surface area (Å²) in [5.41, 5.74) is 1.04. The molecule has 94 valence electrons. The van der Waals surface area contributed by atoms with Crippen LogP contribution in [0.15, 0.2) is 44.7 Å². The third-order valence-corrected chi connectivity index (χ3v) is 4.63. The number of thiophene rings is 1. The van der Waals surface area contributed by atoms with E-state index in [2.05, 4.69) is 31.9 Å². The number of halogens is 2. The summed E-state index contributed by atoms with van der Waals surface area (Å²) in [5.74, 6) is 0.00636. The maximum Gasteiger partial charge on any atom is 0.199 e. The van der Waals surface area contributed by atoms with Crippen LogP contribution in [0.2, 0.25) is 0 Å². The van der Waals surface area contributed by atoms with Crippen LogP contribution in [0.5, 0.6) is 0 Å². The monoisotopic (exact) mass is 388 g/mol. The minimum atomic E-state index is 0.00636. The average Bonchev–Trinajstić information content (AvgIpc) is 2.75. The Morgan fingerprint density at radius 2 is 2.11 bits per heavy atom. The van der Waals surface area contributed by atoms with E-state index in [1.165, 1.54) is 11.3 Å². The van der Waals surface area contributed by atoms with Gasteiger partial charge in [-0.15, -0.1) is 11.3 Å². The third kappa shape index (κ3) is 3.75. The Hall–Kier alpha value is -0.490. The zero-order valence-electron chi connectivity index (χ0n) is 9.36. The standard InChI is InChI=1S/C13H10Br2O2S/c14-10-3-1-2-9(6-10)7-17-8-12(16)13-11(15)4-5-18-13/h1-6H,7-8H2. The molecule has 0 aliphatic carbocycles. The van der Waals surface area contributed by atoms with Crippen molar-refractivity contribution in [1.29, 1.82) is 0 Å². The van der Waals surface area contributed by atoms with Gasteiger partial charge in [0.25, 0.3) is 0 Å². The van der Waals surface area contributed by atoms with Crippen LogP contribution in [0.1, 0.15) is 15.2 Å². The molecule has 0 saturated heterocycles. The van der Waals surface area contributed by atoms with Gasteiger partial charge >= 0.3 is 0 Å². The zero-order valence-corrected chi connectivity index (χ0v) is 13.3. The smallest absolute Gasteiger partial charge is 0.199 e. The van der Waals surface area contributed by atoms with Gasteiger partial charge in [-0.25, -0.2) is 0 Å². The fraction of sp³-hybridized carbons (Fsp3) is 0.154. The molecule has 0 spiro atoms. The average molecular weight is 390 g/mol. The molecule has 0 bridgehead atoms. The molecule has 0 aliphatic heterocycles. The maximum atomic E-state index is 11.8. The van der Waals surface area contributed by atoms with E-state index in [-0.39, 0.29) is 12.4 Å². The SMILES string of the molecule is O=C(COCc1cccc(Br)c1)c1sccc1Br. The van der Waals surface area contributed by atoms with Gasteiger partial charge in [-0.1, -0.05) is 28.1 Å². The summed E-state index contributed by atoms with van der Waals surface area (Å²) < 4.78 is 7.28. The Balaban J connectivity index is 1.86. The summed E-state index contributed by atoms with van der Waals surface area (Å²) in [7, 11) is 0. The topological polar surface area (TPSA) is 26.3 Å². The van der Waals surface area contributed by atoms with Gasteiger partial charge in [0, 0.05) is 8.95 Å². The molecule has 1 aromatic carbocycles. The number of carbonyl (C=O) groups is 1. The largest absolute Gasteiger partial charge is 0.369 e. The highest BCUT2D eigenvalue weighted by atomic mass is 79.9. The number of rotatable bonds is 5. The summed E-state index contributed by atoms with van der Waals surface area (Å²) in [5, 5.41) is 1.88. The van der Waals surface area contributed by atoms with Gasteiger partial charge in [-0.2, -0.15) is 0 Å². The highest BCUT2D eigenvalue weighted by Crippen LogP contribution is 2.23. The van der Waals surface area contributed by atoms with Gasteiger partial charge in [-0.3, -0.25) is 4.79 Å². The van der Waals surface area contributed by atoms with Crippen molar-refractivity contribution in [1.82, 2.24) is 0 Å². The van der Waals surface area contributed by atoms with Crippen molar-refractivity contribution in [2.75, 3.05) is 6.61 Å². The van der Waals surface area contributed by atoms with Crippen molar-refractivity contribution in [2.24, 2.45) is 0 Å². The lowest BCUT2D eigenvalue weighted by atomic mass is 10.2. The second kappa shape index (κ2) is 6.61. The number of hydrogen-bond donors (Lipinski definition) is 0. The van der Waals surface area contributed by atoms with Crippen LogP contribution < -0.4 is 0 Å².